The average Bonchev–Trinajstić information content (AvgIpc) is 2.94. The van der Waals surface area contributed by atoms with E-state index in [-0.39, 0.29) is 52.6 Å². The fraction of sp³-hybridized carbons (Fsp3) is 0.522. The van der Waals surface area contributed by atoms with Crippen molar-refractivity contribution >= 4 is 17.7 Å². The van der Waals surface area contributed by atoms with Crippen molar-refractivity contribution in [2.24, 2.45) is 11.8 Å². The first kappa shape index (κ1) is 23.9. The van der Waals surface area contributed by atoms with Gasteiger partial charge in [-0.3, -0.25) is 9.59 Å². The molecule has 0 bridgehead atoms. The Morgan fingerprint density at radius 2 is 1.97 bits per heavy atom. The Morgan fingerprint density at radius 3 is 2.56 bits per heavy atom. The zero-order valence-electron chi connectivity index (χ0n) is 18.6. The number of aromatic hydroxyl groups is 1. The molecule has 0 unspecified atom stereocenters. The van der Waals surface area contributed by atoms with Gasteiger partial charge in [0, 0.05) is 24.4 Å². The van der Waals surface area contributed by atoms with E-state index in [2.05, 4.69) is 0 Å². The van der Waals surface area contributed by atoms with Gasteiger partial charge in [-0.15, -0.1) is 0 Å². The maximum absolute atomic E-state index is 14.2. The number of carboxylic acids is 1. The lowest BCUT2D eigenvalue weighted by Crippen LogP contribution is -2.63. The molecule has 2 aliphatic heterocycles. The van der Waals surface area contributed by atoms with Gasteiger partial charge in [-0.1, -0.05) is 6.92 Å². The summed E-state index contributed by atoms with van der Waals surface area (Å²) in [5.41, 5.74) is 0.572. The number of amides is 1. The van der Waals surface area contributed by atoms with Crippen molar-refractivity contribution in [1.29, 1.82) is 0 Å². The molecule has 4 atom stereocenters. The summed E-state index contributed by atoms with van der Waals surface area (Å²) in [6, 6.07) is 2.21. The third-order valence-corrected chi connectivity index (χ3v) is 6.56. The summed E-state index contributed by atoms with van der Waals surface area (Å²) in [5, 5.41) is 29.1. The Balaban J connectivity index is 1.63. The highest BCUT2D eigenvalue weighted by Crippen LogP contribution is 2.47. The van der Waals surface area contributed by atoms with Crippen LogP contribution < -0.4 is 0 Å². The van der Waals surface area contributed by atoms with Crippen LogP contribution in [0.3, 0.4) is 0 Å². The van der Waals surface area contributed by atoms with Crippen LogP contribution in [-0.4, -0.2) is 75.1 Å². The lowest BCUT2D eigenvalue weighted by atomic mass is 9.77. The van der Waals surface area contributed by atoms with Crippen LogP contribution in [0.25, 0.3) is 0 Å². The quantitative estimate of drug-likeness (QED) is 0.390. The molecule has 2 heterocycles. The van der Waals surface area contributed by atoms with E-state index < -0.39 is 23.8 Å². The summed E-state index contributed by atoms with van der Waals surface area (Å²) in [6.45, 7) is 5.56. The van der Waals surface area contributed by atoms with E-state index in [4.69, 9.17) is 0 Å². The largest absolute Gasteiger partial charge is 0.508 e. The molecule has 1 aromatic carbocycles. The molecule has 1 saturated heterocycles. The lowest BCUT2D eigenvalue weighted by Gasteiger charge is -2.46. The number of phenolic OH excluding ortho intramolecular Hbond substituents is 1. The van der Waals surface area contributed by atoms with Crippen molar-refractivity contribution in [3.8, 4) is 5.75 Å². The number of phenols is 1. The number of aliphatic hydroxyl groups excluding tert-OH is 1. The molecule has 32 heavy (non-hydrogen) atoms. The van der Waals surface area contributed by atoms with Crippen molar-refractivity contribution in [3.05, 3.63) is 40.3 Å². The van der Waals surface area contributed by atoms with Gasteiger partial charge in [0.2, 0.25) is 5.91 Å². The maximum Gasteiger partial charge on any atom is 0.352 e. The second-order valence-electron chi connectivity index (χ2n) is 8.77. The number of carbonyl (C=O) groups excluding carboxylic acids is 2. The van der Waals surface area contributed by atoms with Crippen molar-refractivity contribution in [1.82, 2.24) is 9.80 Å². The number of carbonyl (C=O) groups is 3. The second kappa shape index (κ2) is 8.99. The van der Waals surface area contributed by atoms with Crippen LogP contribution in [0.5, 0.6) is 5.75 Å². The number of likely N-dealkylation sites (N-methyl/N-ethyl adjacent to an activating group) is 1. The molecule has 2 aliphatic rings. The van der Waals surface area contributed by atoms with Gasteiger partial charge in [0.15, 0.2) is 5.78 Å². The monoisotopic (exact) mass is 448 g/mol. The van der Waals surface area contributed by atoms with Crippen molar-refractivity contribution < 1.29 is 34.1 Å². The smallest absolute Gasteiger partial charge is 0.352 e. The molecule has 3 rings (SSSR count). The molecule has 8 nitrogen and oxygen atoms in total. The van der Waals surface area contributed by atoms with Crippen LogP contribution in [0.2, 0.25) is 0 Å². The van der Waals surface area contributed by atoms with E-state index in [1.807, 2.05) is 11.8 Å². The number of Topliss-reactive ketones (excluding diaryl/α,β-unsaturated/α-hetero) is 1. The van der Waals surface area contributed by atoms with Gasteiger partial charge in [0.05, 0.1) is 23.6 Å². The minimum Gasteiger partial charge on any atom is -0.508 e. The number of halogens is 1. The summed E-state index contributed by atoms with van der Waals surface area (Å²) in [5.74, 6) is -3.65. The van der Waals surface area contributed by atoms with Crippen molar-refractivity contribution in [2.75, 3.05) is 20.1 Å². The Labute approximate surface area is 185 Å². The predicted molar refractivity (Wildman–Crippen MR) is 113 cm³/mol. The number of aliphatic hydroxyl groups is 1. The molecule has 1 aromatic rings. The second-order valence-corrected chi connectivity index (χ2v) is 8.77. The molecule has 3 N–H and O–H groups in total. The number of rotatable bonds is 9. The topological polar surface area (TPSA) is 118 Å². The van der Waals surface area contributed by atoms with E-state index in [1.165, 1.54) is 30.9 Å². The molecule has 1 fully saturated rings. The number of nitrogens with zero attached hydrogens (tertiary/aromatic N) is 2. The summed E-state index contributed by atoms with van der Waals surface area (Å²) in [7, 11) is 1.79. The van der Waals surface area contributed by atoms with Gasteiger partial charge >= 0.3 is 5.97 Å². The highest BCUT2D eigenvalue weighted by Gasteiger charge is 2.59. The summed E-state index contributed by atoms with van der Waals surface area (Å²) < 4.78 is 14.2. The van der Waals surface area contributed by atoms with Gasteiger partial charge < -0.3 is 25.1 Å². The zero-order valence-corrected chi connectivity index (χ0v) is 18.6. The average molecular weight is 448 g/mol. The van der Waals surface area contributed by atoms with Crippen molar-refractivity contribution in [2.45, 2.75) is 45.8 Å². The normalized spacial score (nSPS) is 23.4. The van der Waals surface area contributed by atoms with Crippen LogP contribution in [0, 0.1) is 24.6 Å². The number of hydrogen-bond donors (Lipinski definition) is 3. The third kappa shape index (κ3) is 4.02. The molecular formula is C23H29FN2O6. The molecule has 174 valence electrons. The van der Waals surface area contributed by atoms with E-state index in [1.54, 1.807) is 7.05 Å². The Bertz CT molecular complexity index is 989. The number of fused-ring (bicyclic) bond motifs is 1. The van der Waals surface area contributed by atoms with E-state index in [0.717, 1.165) is 0 Å². The number of benzene rings is 1. The molecular weight excluding hydrogens is 419 g/mol. The number of hydrogen-bond acceptors (Lipinski definition) is 6. The van der Waals surface area contributed by atoms with Gasteiger partial charge in [-0.05, 0) is 51.6 Å². The Morgan fingerprint density at radius 1 is 1.31 bits per heavy atom. The molecule has 0 aliphatic carbocycles. The Kier molecular flexibility index (Phi) is 6.71. The molecule has 0 aromatic heterocycles. The summed E-state index contributed by atoms with van der Waals surface area (Å²) >= 11 is 0. The van der Waals surface area contributed by atoms with Crippen LogP contribution in [0.1, 0.15) is 42.6 Å². The van der Waals surface area contributed by atoms with Gasteiger partial charge in [-0.25, -0.2) is 9.18 Å². The minimum absolute atomic E-state index is 0.0195. The SMILES string of the molecule is Cc1c(O)ccc(C(=O)CCCN(C)CC2=C(C(=O)O)N3C(=O)[C@H]([C@@H](C)O)[C@H]3[C@H]2C)c1F. The number of carboxylic acid groups (broad SMARTS) is 1. The van der Waals surface area contributed by atoms with Crippen LogP contribution >= 0.6 is 0 Å². The van der Waals surface area contributed by atoms with Crippen molar-refractivity contribution in [3.63, 3.8) is 0 Å². The predicted octanol–water partition coefficient (Wildman–Crippen LogP) is 1.93. The first-order valence-corrected chi connectivity index (χ1v) is 10.6. The fourth-order valence-corrected chi connectivity index (χ4v) is 4.76. The first-order chi connectivity index (χ1) is 15.0. The summed E-state index contributed by atoms with van der Waals surface area (Å²) in [4.78, 5) is 39.8. The standard InChI is InChI=1S/C23H29FN2O6/c1-11-15(21(23(31)32)26-20(11)18(13(3)27)22(26)30)10-25(4)9-5-6-17(29)14-7-8-16(28)12(2)19(14)24/h7-8,11,13,18,20,27-28H,5-6,9-10H2,1-4H3,(H,31,32)/t11-,13+,18+,20+/m0/s1. The molecule has 0 spiro atoms. The fourth-order valence-electron chi connectivity index (χ4n) is 4.76. The first-order valence-electron chi connectivity index (χ1n) is 10.6. The highest BCUT2D eigenvalue weighted by atomic mass is 19.1. The van der Waals surface area contributed by atoms with Gasteiger partial charge in [0.25, 0.3) is 0 Å². The van der Waals surface area contributed by atoms with Gasteiger partial charge in [0.1, 0.15) is 17.3 Å². The number of ketones is 1. The van der Waals surface area contributed by atoms with E-state index >= 15 is 0 Å². The summed E-state index contributed by atoms with van der Waals surface area (Å²) in [6.07, 6.45) is -0.321. The van der Waals surface area contributed by atoms with Crippen LogP contribution in [0.15, 0.2) is 23.4 Å². The van der Waals surface area contributed by atoms with Gasteiger partial charge in [-0.2, -0.15) is 0 Å². The van der Waals surface area contributed by atoms with E-state index in [9.17, 15) is 34.1 Å². The number of aliphatic carboxylic acids is 1. The lowest BCUT2D eigenvalue weighted by molar-refractivity contribution is -0.163. The zero-order chi connectivity index (χ0) is 23.9. The van der Waals surface area contributed by atoms with Crippen LogP contribution in [-0.2, 0) is 9.59 Å². The third-order valence-electron chi connectivity index (χ3n) is 6.56. The molecule has 0 radical (unpaired) electrons. The van der Waals surface area contributed by atoms with Crippen LogP contribution in [0.4, 0.5) is 4.39 Å². The minimum atomic E-state index is -1.17. The van der Waals surface area contributed by atoms with E-state index in [0.29, 0.717) is 25.1 Å². The molecule has 9 heteroatoms. The molecule has 1 amide bonds. The number of β-lactam (4-membered cyclic amide) rings is 1. The highest BCUT2D eigenvalue weighted by molar-refractivity contribution is 6.00. The Hall–Kier alpha value is -2.78. The maximum atomic E-state index is 14.2. The molecule has 0 saturated carbocycles.